The van der Waals surface area contributed by atoms with Crippen LogP contribution in [-0.2, 0) is 4.79 Å². The van der Waals surface area contributed by atoms with Gasteiger partial charge in [-0.05, 0) is 18.1 Å². The third kappa shape index (κ3) is 4.15. The monoisotopic (exact) mass is 275 g/mol. The number of carboxylic acid groups (broad SMARTS) is 1. The summed E-state index contributed by atoms with van der Waals surface area (Å²) < 4.78 is 39.8. The Labute approximate surface area is 109 Å². The molecule has 106 valence electrons. The number of hydrogen-bond acceptors (Lipinski definition) is 2. The van der Waals surface area contributed by atoms with E-state index in [9.17, 15) is 18.0 Å². The standard InChI is InChI=1S/C13H16F3NO2/c1-8(2)7-17(6-5-11(18)19)10-4-3-9(14)12(15)13(10)16/h3-4,8H,5-7H2,1-2H3,(H,18,19). The Hall–Kier alpha value is -1.72. The van der Waals surface area contributed by atoms with Gasteiger partial charge in [-0.3, -0.25) is 4.79 Å². The quantitative estimate of drug-likeness (QED) is 0.811. The van der Waals surface area contributed by atoms with Crippen molar-refractivity contribution in [3.8, 4) is 0 Å². The second-order valence-corrected chi connectivity index (χ2v) is 4.68. The van der Waals surface area contributed by atoms with Crippen LogP contribution < -0.4 is 4.90 Å². The number of benzene rings is 1. The van der Waals surface area contributed by atoms with Crippen molar-refractivity contribution in [1.82, 2.24) is 0 Å². The van der Waals surface area contributed by atoms with Gasteiger partial charge in [0.2, 0.25) is 0 Å². The van der Waals surface area contributed by atoms with Crippen molar-refractivity contribution in [2.24, 2.45) is 5.92 Å². The SMILES string of the molecule is CC(C)CN(CCC(=O)O)c1ccc(F)c(F)c1F. The predicted octanol–water partition coefficient (Wildman–Crippen LogP) is 3.04. The number of halogens is 3. The van der Waals surface area contributed by atoms with Crippen LogP contribution in [-0.4, -0.2) is 24.2 Å². The summed E-state index contributed by atoms with van der Waals surface area (Å²) in [6.07, 6.45) is -0.203. The zero-order valence-electron chi connectivity index (χ0n) is 10.8. The van der Waals surface area contributed by atoms with Crippen molar-refractivity contribution in [1.29, 1.82) is 0 Å². The van der Waals surface area contributed by atoms with E-state index in [4.69, 9.17) is 5.11 Å². The third-order valence-electron chi connectivity index (χ3n) is 2.54. The van der Waals surface area contributed by atoms with Crippen LogP contribution in [0.5, 0.6) is 0 Å². The molecule has 1 rings (SSSR count). The number of carboxylic acids is 1. The van der Waals surface area contributed by atoms with E-state index in [0.717, 1.165) is 12.1 Å². The minimum absolute atomic E-state index is 0.0372. The first-order valence-electron chi connectivity index (χ1n) is 5.93. The van der Waals surface area contributed by atoms with Crippen molar-refractivity contribution < 1.29 is 23.1 Å². The van der Waals surface area contributed by atoms with Gasteiger partial charge in [-0.1, -0.05) is 13.8 Å². The molecule has 0 aromatic heterocycles. The maximum absolute atomic E-state index is 13.7. The molecule has 0 aliphatic heterocycles. The molecular weight excluding hydrogens is 259 g/mol. The van der Waals surface area contributed by atoms with Gasteiger partial charge in [0.15, 0.2) is 17.5 Å². The van der Waals surface area contributed by atoms with Gasteiger partial charge in [0, 0.05) is 13.1 Å². The van der Waals surface area contributed by atoms with Crippen LogP contribution in [0.2, 0.25) is 0 Å². The molecule has 19 heavy (non-hydrogen) atoms. The number of rotatable bonds is 6. The van der Waals surface area contributed by atoms with E-state index in [1.54, 1.807) is 0 Å². The summed E-state index contributed by atoms with van der Waals surface area (Å²) in [5.74, 6) is -4.99. The molecule has 0 atom stereocenters. The lowest BCUT2D eigenvalue weighted by Gasteiger charge is -2.26. The second-order valence-electron chi connectivity index (χ2n) is 4.68. The molecule has 3 nitrogen and oxygen atoms in total. The molecule has 0 unspecified atom stereocenters. The van der Waals surface area contributed by atoms with Crippen molar-refractivity contribution >= 4 is 11.7 Å². The van der Waals surface area contributed by atoms with E-state index >= 15 is 0 Å². The van der Waals surface area contributed by atoms with Gasteiger partial charge >= 0.3 is 5.97 Å². The zero-order valence-corrected chi connectivity index (χ0v) is 10.8. The Morgan fingerprint density at radius 2 is 1.89 bits per heavy atom. The van der Waals surface area contributed by atoms with Crippen LogP contribution in [0.1, 0.15) is 20.3 Å². The molecular formula is C13H16F3NO2. The fourth-order valence-corrected chi connectivity index (χ4v) is 1.74. The molecule has 0 radical (unpaired) electrons. The van der Waals surface area contributed by atoms with Crippen LogP contribution in [0, 0.1) is 23.4 Å². The van der Waals surface area contributed by atoms with E-state index in [2.05, 4.69) is 0 Å². The van der Waals surface area contributed by atoms with Crippen molar-refractivity contribution in [2.75, 3.05) is 18.0 Å². The maximum atomic E-state index is 13.7. The van der Waals surface area contributed by atoms with E-state index in [1.165, 1.54) is 4.90 Å². The average Bonchev–Trinajstić information content (AvgIpc) is 2.31. The lowest BCUT2D eigenvalue weighted by molar-refractivity contribution is -0.136. The van der Waals surface area contributed by atoms with E-state index < -0.39 is 23.4 Å². The van der Waals surface area contributed by atoms with Gasteiger partial charge in [0.05, 0.1) is 12.1 Å². The second kappa shape index (κ2) is 6.45. The summed E-state index contributed by atoms with van der Waals surface area (Å²) in [5.41, 5.74) is -0.117. The van der Waals surface area contributed by atoms with E-state index in [1.807, 2.05) is 13.8 Å². The smallest absolute Gasteiger partial charge is 0.305 e. The van der Waals surface area contributed by atoms with Crippen LogP contribution in [0.15, 0.2) is 12.1 Å². The van der Waals surface area contributed by atoms with Gasteiger partial charge < -0.3 is 10.0 Å². The highest BCUT2D eigenvalue weighted by Gasteiger charge is 2.19. The Morgan fingerprint density at radius 3 is 2.42 bits per heavy atom. The average molecular weight is 275 g/mol. The summed E-state index contributed by atoms with van der Waals surface area (Å²) >= 11 is 0. The van der Waals surface area contributed by atoms with Gasteiger partial charge in [-0.15, -0.1) is 0 Å². The summed E-state index contributed by atoms with van der Waals surface area (Å²) in [5, 5.41) is 8.66. The first-order chi connectivity index (χ1) is 8.82. The number of hydrogen-bond donors (Lipinski definition) is 1. The minimum Gasteiger partial charge on any atom is -0.481 e. The molecule has 1 aromatic rings. The molecule has 0 bridgehead atoms. The van der Waals surface area contributed by atoms with E-state index in [-0.39, 0.29) is 24.6 Å². The Balaban J connectivity index is 3.02. The normalized spacial score (nSPS) is 10.8. The molecule has 0 heterocycles. The number of nitrogens with zero attached hydrogens (tertiary/aromatic N) is 1. The van der Waals surface area contributed by atoms with Crippen molar-refractivity contribution in [3.05, 3.63) is 29.6 Å². The van der Waals surface area contributed by atoms with Gasteiger partial charge in [-0.25, -0.2) is 13.2 Å². The third-order valence-corrected chi connectivity index (χ3v) is 2.54. The Morgan fingerprint density at radius 1 is 1.26 bits per heavy atom. The number of anilines is 1. The molecule has 6 heteroatoms. The molecule has 0 spiro atoms. The van der Waals surface area contributed by atoms with Crippen LogP contribution in [0.3, 0.4) is 0 Å². The van der Waals surface area contributed by atoms with Gasteiger partial charge in [-0.2, -0.15) is 0 Å². The molecule has 1 aromatic carbocycles. The molecule has 1 N–H and O–H groups in total. The number of aliphatic carboxylic acids is 1. The topological polar surface area (TPSA) is 40.5 Å². The Kier molecular flexibility index (Phi) is 5.20. The summed E-state index contributed by atoms with van der Waals surface area (Å²) in [7, 11) is 0. The highest BCUT2D eigenvalue weighted by molar-refractivity contribution is 5.67. The first-order valence-corrected chi connectivity index (χ1v) is 5.93. The largest absolute Gasteiger partial charge is 0.481 e. The van der Waals surface area contributed by atoms with Crippen molar-refractivity contribution in [3.63, 3.8) is 0 Å². The number of carbonyl (C=O) groups is 1. The first kappa shape index (κ1) is 15.3. The minimum atomic E-state index is -1.54. The van der Waals surface area contributed by atoms with Crippen LogP contribution in [0.25, 0.3) is 0 Å². The zero-order chi connectivity index (χ0) is 14.6. The molecule has 0 fully saturated rings. The van der Waals surface area contributed by atoms with Gasteiger partial charge in [0.25, 0.3) is 0 Å². The molecule has 0 aliphatic rings. The highest BCUT2D eigenvalue weighted by Crippen LogP contribution is 2.24. The molecule has 0 saturated carbocycles. The Bertz CT molecular complexity index is 463. The molecule has 0 amide bonds. The maximum Gasteiger partial charge on any atom is 0.305 e. The summed E-state index contributed by atoms with van der Waals surface area (Å²) in [4.78, 5) is 12.0. The van der Waals surface area contributed by atoms with Gasteiger partial charge in [0.1, 0.15) is 0 Å². The lowest BCUT2D eigenvalue weighted by atomic mass is 10.1. The lowest BCUT2D eigenvalue weighted by Crippen LogP contribution is -2.31. The summed E-state index contributed by atoms with van der Waals surface area (Å²) in [6.45, 7) is 4.13. The van der Waals surface area contributed by atoms with Crippen LogP contribution >= 0.6 is 0 Å². The van der Waals surface area contributed by atoms with Crippen LogP contribution in [0.4, 0.5) is 18.9 Å². The predicted molar refractivity (Wildman–Crippen MR) is 65.6 cm³/mol. The van der Waals surface area contributed by atoms with Crippen molar-refractivity contribution in [2.45, 2.75) is 20.3 Å². The van der Waals surface area contributed by atoms with E-state index in [0.29, 0.717) is 6.54 Å². The fraction of sp³-hybridized carbons (Fsp3) is 0.462. The summed E-state index contributed by atoms with van der Waals surface area (Å²) in [6, 6.07) is 1.96. The fourth-order valence-electron chi connectivity index (χ4n) is 1.74. The highest BCUT2D eigenvalue weighted by atomic mass is 19.2. The molecule has 0 aliphatic carbocycles. The molecule has 0 saturated heterocycles.